The van der Waals surface area contributed by atoms with Gasteiger partial charge >= 0.3 is 5.97 Å². The summed E-state index contributed by atoms with van der Waals surface area (Å²) in [7, 11) is 1.59. The maximum absolute atomic E-state index is 13.4. The second-order valence-corrected chi connectivity index (χ2v) is 3.94. The minimum Gasteiger partial charge on any atom is -0.454 e. The molecule has 0 saturated carbocycles. The Kier molecular flexibility index (Phi) is 3.41. The zero-order valence-electron chi connectivity index (χ0n) is 10.4. The van der Waals surface area contributed by atoms with Gasteiger partial charge in [0.05, 0.1) is 12.6 Å². The van der Waals surface area contributed by atoms with E-state index in [4.69, 9.17) is 10.5 Å². The lowest BCUT2D eigenvalue weighted by Crippen LogP contribution is -2.08. The number of tetrazole rings is 1. The minimum absolute atomic E-state index is 0.0458. The van der Waals surface area contributed by atoms with Gasteiger partial charge in [-0.05, 0) is 24.3 Å². The zero-order valence-corrected chi connectivity index (χ0v) is 10.4. The van der Waals surface area contributed by atoms with E-state index < -0.39 is 11.8 Å². The van der Waals surface area contributed by atoms with Crippen molar-refractivity contribution in [2.75, 3.05) is 5.73 Å². The Labute approximate surface area is 108 Å². The first-order valence-electron chi connectivity index (χ1n) is 5.43. The van der Waals surface area contributed by atoms with Gasteiger partial charge in [-0.25, -0.2) is 9.18 Å². The molecular formula is C11H12FN5O2. The monoisotopic (exact) mass is 265 g/mol. The van der Waals surface area contributed by atoms with Crippen molar-refractivity contribution < 1.29 is 13.9 Å². The highest BCUT2D eigenvalue weighted by Crippen LogP contribution is 2.18. The van der Waals surface area contributed by atoms with E-state index in [1.54, 1.807) is 7.05 Å². The van der Waals surface area contributed by atoms with Crippen LogP contribution in [0.4, 0.5) is 10.1 Å². The summed E-state index contributed by atoms with van der Waals surface area (Å²) in [5.41, 5.74) is 6.13. The van der Waals surface area contributed by atoms with Crippen LogP contribution in [0.2, 0.25) is 0 Å². The van der Waals surface area contributed by atoms with E-state index in [0.717, 1.165) is 6.07 Å². The maximum Gasteiger partial charge on any atom is 0.338 e. The first kappa shape index (κ1) is 12.9. The number of nitrogen functional groups attached to an aromatic ring is 1. The van der Waals surface area contributed by atoms with E-state index in [0.29, 0.717) is 5.56 Å². The van der Waals surface area contributed by atoms with E-state index in [1.165, 1.54) is 17.8 Å². The SMILES string of the molecule is Cc1c(N)cc(C(=O)OCc2nnn(C)n2)cc1F. The van der Waals surface area contributed by atoms with Crippen molar-refractivity contribution >= 4 is 11.7 Å². The summed E-state index contributed by atoms with van der Waals surface area (Å²) in [5, 5.41) is 11.1. The Bertz CT molecular complexity index is 602. The van der Waals surface area contributed by atoms with Gasteiger partial charge in [-0.1, -0.05) is 0 Å². The molecular weight excluding hydrogens is 253 g/mol. The van der Waals surface area contributed by atoms with Crippen LogP contribution in [0.1, 0.15) is 21.7 Å². The van der Waals surface area contributed by atoms with Gasteiger partial charge in [0.15, 0.2) is 6.61 Å². The van der Waals surface area contributed by atoms with Crippen LogP contribution < -0.4 is 5.73 Å². The number of nitrogens with zero attached hydrogens (tertiary/aromatic N) is 4. The maximum atomic E-state index is 13.4. The van der Waals surface area contributed by atoms with E-state index >= 15 is 0 Å². The first-order chi connectivity index (χ1) is 8.97. The summed E-state index contributed by atoms with van der Waals surface area (Å²) in [5.74, 6) is -0.987. The fourth-order valence-corrected chi connectivity index (χ4v) is 1.41. The van der Waals surface area contributed by atoms with Crippen molar-refractivity contribution in [3.05, 3.63) is 34.9 Å². The van der Waals surface area contributed by atoms with E-state index in [1.807, 2.05) is 0 Å². The molecule has 1 aromatic carbocycles. The molecule has 19 heavy (non-hydrogen) atoms. The Balaban J connectivity index is 2.08. The van der Waals surface area contributed by atoms with Crippen molar-refractivity contribution in [3.63, 3.8) is 0 Å². The molecule has 0 fully saturated rings. The quantitative estimate of drug-likeness (QED) is 0.644. The fourth-order valence-electron chi connectivity index (χ4n) is 1.41. The molecule has 2 aromatic rings. The summed E-state index contributed by atoms with van der Waals surface area (Å²) < 4.78 is 18.4. The normalized spacial score (nSPS) is 10.5. The van der Waals surface area contributed by atoms with Crippen molar-refractivity contribution in [2.24, 2.45) is 7.05 Å². The molecule has 0 atom stereocenters. The molecule has 1 aromatic heterocycles. The molecule has 0 aliphatic carbocycles. The van der Waals surface area contributed by atoms with Crippen LogP contribution in [0.5, 0.6) is 0 Å². The second kappa shape index (κ2) is 5.01. The summed E-state index contributed by atoms with van der Waals surface area (Å²) in [6.07, 6.45) is 0. The van der Waals surface area contributed by atoms with Gasteiger partial charge in [-0.2, -0.15) is 4.80 Å². The standard InChI is InChI=1S/C11H12FN5O2/c1-6-8(12)3-7(4-9(6)13)11(18)19-5-10-14-16-17(2)15-10/h3-4H,5,13H2,1-2H3. The van der Waals surface area contributed by atoms with Crippen LogP contribution >= 0.6 is 0 Å². The summed E-state index contributed by atoms with van der Waals surface area (Å²) in [4.78, 5) is 13.0. The predicted molar refractivity (Wildman–Crippen MR) is 63.5 cm³/mol. The molecule has 0 saturated heterocycles. The number of anilines is 1. The molecule has 0 aliphatic heterocycles. The van der Waals surface area contributed by atoms with Crippen LogP contribution in [-0.2, 0) is 18.4 Å². The number of ether oxygens (including phenoxy) is 1. The molecule has 0 bridgehead atoms. The van der Waals surface area contributed by atoms with E-state index in [2.05, 4.69) is 15.4 Å². The smallest absolute Gasteiger partial charge is 0.338 e. The molecule has 2 N–H and O–H groups in total. The number of hydrogen-bond donors (Lipinski definition) is 1. The van der Waals surface area contributed by atoms with E-state index in [9.17, 15) is 9.18 Å². The van der Waals surface area contributed by atoms with Crippen molar-refractivity contribution in [3.8, 4) is 0 Å². The Hall–Kier alpha value is -2.51. The van der Waals surface area contributed by atoms with Gasteiger partial charge in [0.1, 0.15) is 5.82 Å². The van der Waals surface area contributed by atoms with Gasteiger partial charge in [0.2, 0.25) is 5.82 Å². The number of carbonyl (C=O) groups is 1. The number of esters is 1. The number of carbonyl (C=O) groups excluding carboxylic acids is 1. The largest absolute Gasteiger partial charge is 0.454 e. The molecule has 0 amide bonds. The van der Waals surface area contributed by atoms with Gasteiger partial charge in [-0.3, -0.25) is 0 Å². The number of aryl methyl sites for hydroxylation is 1. The van der Waals surface area contributed by atoms with Crippen LogP contribution in [-0.4, -0.2) is 26.2 Å². The highest BCUT2D eigenvalue weighted by atomic mass is 19.1. The fraction of sp³-hybridized carbons (Fsp3) is 0.273. The Morgan fingerprint density at radius 3 is 2.84 bits per heavy atom. The van der Waals surface area contributed by atoms with Gasteiger partial charge in [0.25, 0.3) is 0 Å². The first-order valence-corrected chi connectivity index (χ1v) is 5.43. The average Bonchev–Trinajstić information content (AvgIpc) is 2.78. The highest BCUT2D eigenvalue weighted by molar-refractivity contribution is 5.90. The van der Waals surface area contributed by atoms with Gasteiger partial charge in [0, 0.05) is 11.3 Å². The molecule has 2 rings (SSSR count). The molecule has 0 spiro atoms. The summed E-state index contributed by atoms with van der Waals surface area (Å²) >= 11 is 0. The third-order valence-electron chi connectivity index (χ3n) is 2.50. The zero-order chi connectivity index (χ0) is 14.0. The van der Waals surface area contributed by atoms with E-state index in [-0.39, 0.29) is 23.7 Å². The Morgan fingerprint density at radius 1 is 1.53 bits per heavy atom. The molecule has 1 heterocycles. The molecule has 100 valence electrons. The van der Waals surface area contributed by atoms with Gasteiger partial charge in [-0.15, -0.1) is 10.2 Å². The molecule has 8 heteroatoms. The molecule has 0 aliphatic rings. The second-order valence-electron chi connectivity index (χ2n) is 3.94. The van der Waals surface area contributed by atoms with Gasteiger partial charge < -0.3 is 10.5 Å². The number of benzene rings is 1. The highest BCUT2D eigenvalue weighted by Gasteiger charge is 2.13. The van der Waals surface area contributed by atoms with Crippen molar-refractivity contribution in [1.82, 2.24) is 20.2 Å². The molecule has 7 nitrogen and oxygen atoms in total. The number of nitrogens with two attached hydrogens (primary N) is 1. The topological polar surface area (TPSA) is 95.9 Å². The van der Waals surface area contributed by atoms with Crippen LogP contribution in [0.25, 0.3) is 0 Å². The average molecular weight is 265 g/mol. The molecule has 0 unspecified atom stereocenters. The van der Waals surface area contributed by atoms with Crippen LogP contribution in [0.3, 0.4) is 0 Å². The minimum atomic E-state index is -0.696. The lowest BCUT2D eigenvalue weighted by atomic mass is 10.1. The number of rotatable bonds is 3. The third kappa shape index (κ3) is 2.84. The van der Waals surface area contributed by atoms with Crippen LogP contribution in [0, 0.1) is 12.7 Å². The lowest BCUT2D eigenvalue weighted by molar-refractivity contribution is 0.0461. The molecule has 0 radical (unpaired) electrons. The lowest BCUT2D eigenvalue weighted by Gasteiger charge is -2.06. The Morgan fingerprint density at radius 2 is 2.26 bits per heavy atom. The van der Waals surface area contributed by atoms with Crippen LogP contribution in [0.15, 0.2) is 12.1 Å². The summed E-state index contributed by atoms with van der Waals surface area (Å²) in [6, 6.07) is 2.45. The van der Waals surface area contributed by atoms with Crippen molar-refractivity contribution in [1.29, 1.82) is 0 Å². The number of halogens is 1. The predicted octanol–water partition coefficient (Wildman–Crippen LogP) is 0.597. The third-order valence-corrected chi connectivity index (χ3v) is 2.50. The van der Waals surface area contributed by atoms with Crippen molar-refractivity contribution in [2.45, 2.75) is 13.5 Å². The summed E-state index contributed by atoms with van der Waals surface area (Å²) in [6.45, 7) is 1.39. The number of hydrogen-bond acceptors (Lipinski definition) is 6. The number of aromatic nitrogens is 4.